The van der Waals surface area contributed by atoms with Gasteiger partial charge in [0.2, 0.25) is 0 Å². The minimum absolute atomic E-state index is 0.0712. The van der Waals surface area contributed by atoms with E-state index in [0.717, 1.165) is 5.56 Å². The van der Waals surface area contributed by atoms with Gasteiger partial charge in [-0.25, -0.2) is 8.42 Å². The largest absolute Gasteiger partial charge is 0.358 e. The number of para-hydroxylation sites is 1. The number of hydrogen-bond donors (Lipinski definition) is 0. The Kier molecular flexibility index (Phi) is 4.91. The number of benzene rings is 2. The van der Waals surface area contributed by atoms with Gasteiger partial charge in [-0.05, 0) is 47.1 Å². The molecule has 0 saturated carbocycles. The third-order valence-electron chi connectivity index (χ3n) is 3.15. The molecule has 0 aliphatic rings. The van der Waals surface area contributed by atoms with Crippen molar-refractivity contribution >= 4 is 31.6 Å². The molecule has 0 heterocycles. The number of rotatable bonds is 5. The van der Waals surface area contributed by atoms with Gasteiger partial charge in [0.05, 0.1) is 10.6 Å². The summed E-state index contributed by atoms with van der Waals surface area (Å²) in [7, 11) is -4.48. The van der Waals surface area contributed by atoms with Crippen molar-refractivity contribution in [1.29, 1.82) is 0 Å². The Balaban J connectivity index is 2.70. The summed E-state index contributed by atoms with van der Waals surface area (Å²) in [6.45, 7) is 4.84. The lowest BCUT2D eigenvalue weighted by Gasteiger charge is -2.30. The van der Waals surface area contributed by atoms with Crippen LogP contribution in [0, 0.1) is 6.92 Å². The molecule has 2 aromatic rings. The van der Waals surface area contributed by atoms with Crippen molar-refractivity contribution in [3.63, 3.8) is 0 Å². The molecule has 3 nitrogen and oxygen atoms in total. The van der Waals surface area contributed by atoms with Crippen LogP contribution in [0.1, 0.15) is 5.56 Å². The summed E-state index contributed by atoms with van der Waals surface area (Å²) in [5.74, 6) is 0. The van der Waals surface area contributed by atoms with Gasteiger partial charge in [-0.3, -0.25) is 0 Å². The van der Waals surface area contributed by atoms with Crippen LogP contribution in [-0.4, -0.2) is 14.5 Å². The zero-order valence-corrected chi connectivity index (χ0v) is 14.6. The van der Waals surface area contributed by atoms with Crippen LogP contribution in [-0.2, 0) is 10.0 Å². The SMILES string of the molecule is C=CC(F)(F)N(c1ccccc1Br)S(=O)(=O)c1ccc(C)cc1. The molecule has 2 aromatic carbocycles. The molecule has 0 aromatic heterocycles. The molecule has 0 saturated heterocycles. The Bertz CT molecular complexity index is 820. The molecule has 0 atom stereocenters. The summed E-state index contributed by atoms with van der Waals surface area (Å²) in [5, 5.41) is 0. The maximum Gasteiger partial charge on any atom is 0.358 e. The first-order chi connectivity index (χ1) is 10.7. The number of nitrogens with zero attached hydrogens (tertiary/aromatic N) is 1. The van der Waals surface area contributed by atoms with E-state index in [9.17, 15) is 17.2 Å². The van der Waals surface area contributed by atoms with Gasteiger partial charge in [-0.1, -0.05) is 36.4 Å². The zero-order valence-electron chi connectivity index (χ0n) is 12.2. The maximum absolute atomic E-state index is 14.4. The number of aryl methyl sites for hydroxylation is 1. The monoisotopic (exact) mass is 401 g/mol. The van der Waals surface area contributed by atoms with E-state index in [1.807, 2.05) is 0 Å². The van der Waals surface area contributed by atoms with Gasteiger partial charge in [-0.2, -0.15) is 13.1 Å². The van der Waals surface area contributed by atoms with E-state index in [1.165, 1.54) is 30.3 Å². The van der Waals surface area contributed by atoms with Crippen molar-refractivity contribution in [2.75, 3.05) is 4.31 Å². The second-order valence-corrected chi connectivity index (χ2v) is 7.47. The summed E-state index contributed by atoms with van der Waals surface area (Å²) in [5.41, 5.74) is 0.657. The maximum atomic E-state index is 14.4. The molecule has 0 radical (unpaired) electrons. The Morgan fingerprint density at radius 1 is 1.13 bits per heavy atom. The normalized spacial score (nSPS) is 12.0. The van der Waals surface area contributed by atoms with E-state index in [2.05, 4.69) is 22.5 Å². The first-order valence-corrected chi connectivity index (χ1v) is 8.81. The fraction of sp³-hybridized carbons (Fsp3) is 0.125. The van der Waals surface area contributed by atoms with E-state index >= 15 is 0 Å². The molecule has 2 rings (SSSR count). The Morgan fingerprint density at radius 3 is 2.22 bits per heavy atom. The average molecular weight is 402 g/mol. The first-order valence-electron chi connectivity index (χ1n) is 6.58. The number of hydrogen-bond acceptors (Lipinski definition) is 2. The molecule has 0 bridgehead atoms. The zero-order chi connectivity index (χ0) is 17.3. The van der Waals surface area contributed by atoms with E-state index in [1.54, 1.807) is 25.1 Å². The van der Waals surface area contributed by atoms with Crippen LogP contribution in [0.2, 0.25) is 0 Å². The topological polar surface area (TPSA) is 37.4 Å². The predicted molar refractivity (Wildman–Crippen MR) is 90.1 cm³/mol. The lowest BCUT2D eigenvalue weighted by atomic mass is 10.2. The van der Waals surface area contributed by atoms with Crippen molar-refractivity contribution in [3.8, 4) is 0 Å². The average Bonchev–Trinajstić information content (AvgIpc) is 2.49. The van der Waals surface area contributed by atoms with E-state index in [-0.39, 0.29) is 19.4 Å². The van der Waals surface area contributed by atoms with E-state index in [0.29, 0.717) is 6.08 Å². The molecule has 23 heavy (non-hydrogen) atoms. The van der Waals surface area contributed by atoms with Gasteiger partial charge >= 0.3 is 6.05 Å². The standard InChI is InChI=1S/C16H14BrF2NO2S/c1-3-16(18,19)20(15-7-5-4-6-14(15)17)23(21,22)13-10-8-12(2)9-11-13/h3-11H,1H2,2H3. The summed E-state index contributed by atoms with van der Waals surface area (Å²) in [6, 6.07) is 7.80. The summed E-state index contributed by atoms with van der Waals surface area (Å²) < 4.78 is 54.6. The molecule has 7 heteroatoms. The molecule has 0 amide bonds. The summed E-state index contributed by atoms with van der Waals surface area (Å²) in [6.07, 6.45) is 0.304. The molecule has 0 N–H and O–H groups in total. The second-order valence-electron chi connectivity index (χ2n) is 4.83. The lowest BCUT2D eigenvalue weighted by Crippen LogP contribution is -2.44. The van der Waals surface area contributed by atoms with Crippen molar-refractivity contribution in [2.24, 2.45) is 0 Å². The molecule has 122 valence electrons. The molecular formula is C16H14BrF2NO2S. The Labute approximate surface area is 142 Å². The number of sulfonamides is 1. The van der Waals surface area contributed by atoms with Crippen LogP contribution in [0.4, 0.5) is 14.5 Å². The van der Waals surface area contributed by atoms with Gasteiger partial charge in [0.1, 0.15) is 0 Å². The number of alkyl halides is 2. The predicted octanol–water partition coefficient (Wildman–Crippen LogP) is 4.73. The van der Waals surface area contributed by atoms with Gasteiger partial charge in [0.25, 0.3) is 10.0 Å². The van der Waals surface area contributed by atoms with Crippen LogP contribution in [0.25, 0.3) is 0 Å². The van der Waals surface area contributed by atoms with E-state index in [4.69, 9.17) is 0 Å². The first kappa shape index (κ1) is 17.6. The minimum atomic E-state index is -4.48. The summed E-state index contributed by atoms with van der Waals surface area (Å²) in [4.78, 5) is -0.222. The lowest BCUT2D eigenvalue weighted by molar-refractivity contribution is 0.0693. The molecular weight excluding hydrogens is 388 g/mol. The fourth-order valence-electron chi connectivity index (χ4n) is 1.97. The number of halogens is 3. The van der Waals surface area contributed by atoms with Crippen molar-refractivity contribution in [1.82, 2.24) is 0 Å². The van der Waals surface area contributed by atoms with E-state index < -0.39 is 16.1 Å². The second kappa shape index (κ2) is 6.41. The fourth-order valence-corrected chi connectivity index (χ4v) is 4.05. The van der Waals surface area contributed by atoms with Crippen molar-refractivity contribution in [2.45, 2.75) is 17.9 Å². The highest BCUT2D eigenvalue weighted by Crippen LogP contribution is 2.38. The molecule has 0 fully saturated rings. The highest BCUT2D eigenvalue weighted by molar-refractivity contribution is 9.10. The highest BCUT2D eigenvalue weighted by atomic mass is 79.9. The Hall–Kier alpha value is -1.73. The van der Waals surface area contributed by atoms with Crippen LogP contribution in [0.5, 0.6) is 0 Å². The van der Waals surface area contributed by atoms with Crippen molar-refractivity contribution in [3.05, 3.63) is 71.2 Å². The smallest absolute Gasteiger partial charge is 0.201 e. The third kappa shape index (κ3) is 3.45. The molecule has 0 unspecified atom stereocenters. The Morgan fingerprint density at radius 2 is 1.70 bits per heavy atom. The van der Waals surface area contributed by atoms with Gasteiger partial charge < -0.3 is 0 Å². The third-order valence-corrected chi connectivity index (χ3v) is 5.61. The minimum Gasteiger partial charge on any atom is -0.201 e. The highest BCUT2D eigenvalue weighted by Gasteiger charge is 2.44. The molecule has 0 aliphatic carbocycles. The van der Waals surface area contributed by atoms with Gasteiger partial charge in [0.15, 0.2) is 0 Å². The number of anilines is 1. The van der Waals surface area contributed by atoms with Crippen LogP contribution in [0.15, 0.2) is 70.6 Å². The summed E-state index contributed by atoms with van der Waals surface area (Å²) >= 11 is 3.12. The quantitative estimate of drug-likeness (QED) is 0.536. The van der Waals surface area contributed by atoms with Crippen LogP contribution < -0.4 is 4.31 Å². The van der Waals surface area contributed by atoms with Crippen LogP contribution in [0.3, 0.4) is 0 Å². The van der Waals surface area contributed by atoms with Gasteiger partial charge in [-0.15, -0.1) is 0 Å². The van der Waals surface area contributed by atoms with Gasteiger partial charge in [0, 0.05) is 10.5 Å². The van der Waals surface area contributed by atoms with Crippen molar-refractivity contribution < 1.29 is 17.2 Å². The molecule has 0 spiro atoms. The van der Waals surface area contributed by atoms with Crippen LogP contribution >= 0.6 is 15.9 Å². The molecule has 0 aliphatic heterocycles.